The predicted octanol–water partition coefficient (Wildman–Crippen LogP) is 4.13. The number of piperazine rings is 1. The van der Waals surface area contributed by atoms with Crippen LogP contribution in [0.2, 0.25) is 10.0 Å². The van der Waals surface area contributed by atoms with Gasteiger partial charge >= 0.3 is 0 Å². The van der Waals surface area contributed by atoms with Crippen LogP contribution in [0.4, 0.5) is 0 Å². The number of hydroxylamine groups is 1. The molecule has 2 aliphatic rings. The molecule has 2 fully saturated rings. The average molecular weight is 529 g/mol. The molecule has 2 aliphatic heterocycles. The third-order valence-corrected chi connectivity index (χ3v) is 7.63. The molecule has 5 rings (SSSR count). The fourth-order valence-corrected chi connectivity index (χ4v) is 5.47. The van der Waals surface area contributed by atoms with Gasteiger partial charge in [-0.1, -0.05) is 59.6 Å². The molecule has 188 valence electrons. The highest BCUT2D eigenvalue weighted by Gasteiger charge is 2.46. The van der Waals surface area contributed by atoms with E-state index in [1.807, 2.05) is 23.1 Å². The van der Waals surface area contributed by atoms with Gasteiger partial charge in [-0.3, -0.25) is 19.7 Å². The molecule has 3 aromatic rings. The van der Waals surface area contributed by atoms with E-state index in [2.05, 4.69) is 17.0 Å². The molecular weight excluding hydrogens is 503 g/mol. The maximum atomic E-state index is 13.8. The molecule has 2 aromatic carbocycles. The summed E-state index contributed by atoms with van der Waals surface area (Å²) in [4.78, 5) is 30.4. The van der Waals surface area contributed by atoms with Crippen molar-refractivity contribution in [3.05, 3.63) is 87.2 Å². The van der Waals surface area contributed by atoms with E-state index >= 15 is 0 Å². The third kappa shape index (κ3) is 4.69. The van der Waals surface area contributed by atoms with Crippen molar-refractivity contribution in [3.8, 4) is 5.75 Å². The Kier molecular flexibility index (Phi) is 6.94. The first-order valence-electron chi connectivity index (χ1n) is 11.6. The fourth-order valence-electron chi connectivity index (χ4n) is 5.15. The molecule has 1 aromatic heterocycles. The molecule has 8 nitrogen and oxygen atoms in total. The number of halogens is 2. The number of nitrogens with zero attached hydrogens (tertiary/aromatic N) is 3. The van der Waals surface area contributed by atoms with Crippen molar-refractivity contribution in [1.82, 2.24) is 19.8 Å². The van der Waals surface area contributed by atoms with Crippen molar-refractivity contribution in [2.24, 2.45) is 7.05 Å². The summed E-state index contributed by atoms with van der Waals surface area (Å²) in [6, 6.07) is 15.7. The average Bonchev–Trinajstić information content (AvgIpc) is 3.57. The smallest absolute Gasteiger partial charge is 0.279 e. The number of benzene rings is 2. The molecule has 2 amide bonds. The monoisotopic (exact) mass is 528 g/mol. The lowest BCUT2D eigenvalue weighted by Gasteiger charge is -2.34. The van der Waals surface area contributed by atoms with Gasteiger partial charge in [0.15, 0.2) is 5.75 Å². The minimum atomic E-state index is -0.759. The summed E-state index contributed by atoms with van der Waals surface area (Å²) in [7, 11) is 1.68. The van der Waals surface area contributed by atoms with Crippen LogP contribution in [0.1, 0.15) is 38.4 Å². The molecule has 2 bridgehead atoms. The van der Waals surface area contributed by atoms with Crippen LogP contribution >= 0.6 is 23.2 Å². The van der Waals surface area contributed by atoms with Crippen LogP contribution in [-0.2, 0) is 20.2 Å². The van der Waals surface area contributed by atoms with Crippen LogP contribution in [-0.4, -0.2) is 56.6 Å². The van der Waals surface area contributed by atoms with Gasteiger partial charge < -0.3 is 14.2 Å². The van der Waals surface area contributed by atoms with Gasteiger partial charge in [0.1, 0.15) is 17.9 Å². The van der Waals surface area contributed by atoms with Gasteiger partial charge in [-0.25, -0.2) is 5.48 Å². The largest absolute Gasteiger partial charge is 0.486 e. The molecule has 0 saturated carbocycles. The number of fused-ring (bicyclic) bond motifs is 2. The van der Waals surface area contributed by atoms with Crippen LogP contribution in [0.5, 0.6) is 5.75 Å². The van der Waals surface area contributed by atoms with Crippen molar-refractivity contribution in [1.29, 1.82) is 0 Å². The Balaban J connectivity index is 1.36. The molecule has 2 unspecified atom stereocenters. The molecule has 2 saturated heterocycles. The number of likely N-dealkylation sites (tertiary alicyclic amines) is 2. The zero-order valence-electron chi connectivity index (χ0n) is 19.7. The minimum Gasteiger partial charge on any atom is -0.486 e. The molecular formula is C26H26Cl2N4O4. The summed E-state index contributed by atoms with van der Waals surface area (Å²) < 4.78 is 7.58. The number of amides is 2. The first-order chi connectivity index (χ1) is 17.4. The Bertz CT molecular complexity index is 1300. The lowest BCUT2D eigenvalue weighted by Crippen LogP contribution is -2.48. The van der Waals surface area contributed by atoms with Crippen molar-refractivity contribution >= 4 is 35.0 Å². The number of aryl methyl sites for hydroxylation is 1. The standard InChI is InChI=1S/C26H26Cl2N4O4/c1-30-14-20(25(33)29-35)24(36-15-17-7-8-21(27)22(28)9-17)23(30)26(34)32-13-18-10-19(32)12-31(18)11-16-5-3-2-4-6-16/h2-9,14,18-19,35H,10-13,15H2,1H3,(H,29,33). The Morgan fingerprint density at radius 1 is 1.06 bits per heavy atom. The van der Waals surface area contributed by atoms with E-state index in [1.165, 1.54) is 11.8 Å². The summed E-state index contributed by atoms with van der Waals surface area (Å²) >= 11 is 12.1. The first-order valence-corrected chi connectivity index (χ1v) is 12.4. The highest BCUT2D eigenvalue weighted by molar-refractivity contribution is 6.42. The van der Waals surface area contributed by atoms with Crippen molar-refractivity contribution in [3.63, 3.8) is 0 Å². The Hall–Kier alpha value is -3.04. The lowest BCUT2D eigenvalue weighted by atomic mass is 10.2. The second kappa shape index (κ2) is 10.1. The summed E-state index contributed by atoms with van der Waals surface area (Å²) in [6.45, 7) is 2.31. The number of carbonyl (C=O) groups excluding carboxylic acids is 2. The van der Waals surface area contributed by atoms with Gasteiger partial charge in [-0.05, 0) is 29.7 Å². The summed E-state index contributed by atoms with van der Waals surface area (Å²) in [5.41, 5.74) is 3.94. The summed E-state index contributed by atoms with van der Waals surface area (Å²) in [5, 5.41) is 10.1. The van der Waals surface area contributed by atoms with E-state index in [0.717, 1.165) is 25.1 Å². The van der Waals surface area contributed by atoms with Crippen LogP contribution in [0.25, 0.3) is 0 Å². The molecule has 2 atom stereocenters. The molecule has 10 heteroatoms. The third-order valence-electron chi connectivity index (χ3n) is 6.89. The molecule has 2 N–H and O–H groups in total. The highest BCUT2D eigenvalue weighted by atomic mass is 35.5. The van der Waals surface area contributed by atoms with Crippen LogP contribution in [0.3, 0.4) is 0 Å². The van der Waals surface area contributed by atoms with Gasteiger partial charge in [-0.2, -0.15) is 0 Å². The topological polar surface area (TPSA) is 87.0 Å². The zero-order chi connectivity index (χ0) is 25.4. The number of aromatic nitrogens is 1. The van der Waals surface area contributed by atoms with Gasteiger partial charge in [0, 0.05) is 45.0 Å². The van der Waals surface area contributed by atoms with E-state index in [4.69, 9.17) is 27.9 Å². The van der Waals surface area contributed by atoms with Crippen LogP contribution in [0.15, 0.2) is 54.7 Å². The highest BCUT2D eigenvalue weighted by Crippen LogP contribution is 2.36. The van der Waals surface area contributed by atoms with Gasteiger partial charge in [0.2, 0.25) is 0 Å². The van der Waals surface area contributed by atoms with Crippen LogP contribution in [0, 0.1) is 0 Å². The second-order valence-electron chi connectivity index (χ2n) is 9.23. The maximum absolute atomic E-state index is 13.8. The number of rotatable bonds is 7. The maximum Gasteiger partial charge on any atom is 0.279 e. The zero-order valence-corrected chi connectivity index (χ0v) is 21.2. The molecule has 36 heavy (non-hydrogen) atoms. The van der Waals surface area contributed by atoms with Crippen molar-refractivity contribution < 1.29 is 19.5 Å². The van der Waals surface area contributed by atoms with E-state index in [9.17, 15) is 14.8 Å². The Morgan fingerprint density at radius 3 is 2.50 bits per heavy atom. The van der Waals surface area contributed by atoms with Gasteiger partial charge in [-0.15, -0.1) is 0 Å². The Morgan fingerprint density at radius 2 is 1.83 bits per heavy atom. The van der Waals surface area contributed by atoms with E-state index in [0.29, 0.717) is 16.6 Å². The van der Waals surface area contributed by atoms with Crippen LogP contribution < -0.4 is 10.2 Å². The number of hydrogen-bond donors (Lipinski definition) is 2. The second-order valence-corrected chi connectivity index (χ2v) is 10.0. The Labute approximate surface area is 218 Å². The number of carbonyl (C=O) groups is 2. The molecule has 0 radical (unpaired) electrons. The number of ether oxygens (including phenoxy) is 1. The van der Waals surface area contributed by atoms with Gasteiger partial charge in [0.05, 0.1) is 10.0 Å². The first kappa shape index (κ1) is 24.6. The van der Waals surface area contributed by atoms with Crippen molar-refractivity contribution in [2.45, 2.75) is 31.7 Å². The van der Waals surface area contributed by atoms with E-state index in [1.54, 1.807) is 35.3 Å². The van der Waals surface area contributed by atoms with Gasteiger partial charge in [0.25, 0.3) is 11.8 Å². The fraction of sp³-hybridized carbons (Fsp3) is 0.308. The van der Waals surface area contributed by atoms with Crippen molar-refractivity contribution in [2.75, 3.05) is 13.1 Å². The quantitative estimate of drug-likeness (QED) is 0.355. The minimum absolute atomic E-state index is 0.0593. The van der Waals surface area contributed by atoms with E-state index in [-0.39, 0.29) is 41.6 Å². The number of hydrogen-bond acceptors (Lipinski definition) is 5. The molecule has 3 heterocycles. The summed E-state index contributed by atoms with van der Waals surface area (Å²) in [5.74, 6) is -0.847. The molecule has 0 spiro atoms. The normalized spacial score (nSPS) is 19.1. The molecule has 0 aliphatic carbocycles. The predicted molar refractivity (Wildman–Crippen MR) is 136 cm³/mol. The summed E-state index contributed by atoms with van der Waals surface area (Å²) in [6.07, 6.45) is 2.39. The van der Waals surface area contributed by atoms with E-state index < -0.39 is 5.91 Å². The number of nitrogens with one attached hydrogen (secondary N) is 1. The lowest BCUT2D eigenvalue weighted by molar-refractivity contribution is 0.0602. The SMILES string of the molecule is Cn1cc(C(=O)NO)c(OCc2ccc(Cl)c(Cl)c2)c1C(=O)N1CC2CC1CN2Cc1ccccc1.